The van der Waals surface area contributed by atoms with E-state index >= 15 is 0 Å². The van der Waals surface area contributed by atoms with E-state index in [1.54, 1.807) is 58.7 Å². The van der Waals surface area contributed by atoms with Crippen molar-refractivity contribution in [3.8, 4) is 0 Å². The fraction of sp³-hybridized carbons (Fsp3) is 0.346. The molecule has 1 unspecified atom stereocenters. The second-order valence-electron chi connectivity index (χ2n) is 8.41. The Morgan fingerprint density at radius 1 is 1.14 bits per heavy atom. The van der Waals surface area contributed by atoms with Gasteiger partial charge in [0.25, 0.3) is 0 Å². The van der Waals surface area contributed by atoms with Crippen LogP contribution in [0.3, 0.4) is 0 Å². The minimum Gasteiger partial charge on any atom is -0.382 e. The molecule has 192 valence electrons. The smallest absolute Gasteiger partial charge is 0.243 e. The van der Waals surface area contributed by atoms with E-state index in [-0.39, 0.29) is 23.9 Å². The third-order valence-electron chi connectivity index (χ3n) is 6.14. The van der Waals surface area contributed by atoms with Gasteiger partial charge in [0, 0.05) is 41.2 Å². The van der Waals surface area contributed by atoms with Crippen molar-refractivity contribution in [2.24, 2.45) is 0 Å². The number of hydrogen-bond donors (Lipinski definition) is 0. The number of rotatable bonds is 10. The normalized spacial score (nSPS) is 15.8. The van der Waals surface area contributed by atoms with E-state index in [2.05, 4.69) is 0 Å². The van der Waals surface area contributed by atoms with Gasteiger partial charge in [-0.25, -0.2) is 8.42 Å². The van der Waals surface area contributed by atoms with Crippen LogP contribution < -0.4 is 0 Å². The summed E-state index contributed by atoms with van der Waals surface area (Å²) in [7, 11) is -3.88. The lowest BCUT2D eigenvalue weighted by atomic mass is 9.93. The molecule has 2 heterocycles. The highest BCUT2D eigenvalue weighted by molar-refractivity contribution is 7.89. The van der Waals surface area contributed by atoms with E-state index < -0.39 is 16.1 Å². The van der Waals surface area contributed by atoms with Crippen LogP contribution in [0.2, 0.25) is 10.0 Å². The highest BCUT2D eigenvalue weighted by atomic mass is 35.5. The van der Waals surface area contributed by atoms with Gasteiger partial charge in [-0.3, -0.25) is 4.79 Å². The zero-order valence-corrected chi connectivity index (χ0v) is 23.0. The molecule has 1 amide bonds. The van der Waals surface area contributed by atoms with Crippen molar-refractivity contribution in [1.82, 2.24) is 9.21 Å². The third kappa shape index (κ3) is 5.96. The first kappa shape index (κ1) is 27.1. The monoisotopic (exact) mass is 566 g/mol. The average Bonchev–Trinajstić information content (AvgIpc) is 3.35. The number of hydrogen-bond acceptors (Lipinski definition) is 5. The van der Waals surface area contributed by atoms with Gasteiger partial charge in [-0.05, 0) is 66.6 Å². The van der Waals surface area contributed by atoms with Crippen molar-refractivity contribution in [1.29, 1.82) is 0 Å². The molecule has 0 bridgehead atoms. The molecule has 0 saturated heterocycles. The first-order valence-electron chi connectivity index (χ1n) is 11.8. The number of nitrogens with zero attached hydrogens (tertiary/aromatic N) is 2. The minimum absolute atomic E-state index is 0.158. The molecule has 3 aromatic rings. The maximum Gasteiger partial charge on any atom is 0.243 e. The molecule has 6 nitrogen and oxygen atoms in total. The highest BCUT2D eigenvalue weighted by Crippen LogP contribution is 2.41. The molecular weight excluding hydrogens is 539 g/mol. The third-order valence-corrected chi connectivity index (χ3v) is 9.55. The maximum absolute atomic E-state index is 13.8. The highest BCUT2D eigenvalue weighted by Gasteiger charge is 2.36. The average molecular weight is 568 g/mol. The Morgan fingerprint density at radius 2 is 1.92 bits per heavy atom. The number of fused-ring (bicyclic) bond motifs is 1. The molecule has 4 rings (SSSR count). The lowest BCUT2D eigenvalue weighted by molar-refractivity contribution is -0.133. The number of amides is 1. The summed E-state index contributed by atoms with van der Waals surface area (Å²) < 4.78 is 33.7. The molecule has 0 saturated carbocycles. The van der Waals surface area contributed by atoms with Gasteiger partial charge in [0.15, 0.2) is 0 Å². The van der Waals surface area contributed by atoms with Crippen molar-refractivity contribution >= 4 is 50.5 Å². The van der Waals surface area contributed by atoms with E-state index in [1.165, 1.54) is 9.18 Å². The number of carbonyl (C=O) groups excluding carboxylic acids is 1. The van der Waals surface area contributed by atoms with Crippen LogP contribution in [0.5, 0.6) is 0 Å². The van der Waals surface area contributed by atoms with Crippen LogP contribution in [0.15, 0.2) is 64.9 Å². The van der Waals surface area contributed by atoms with Crippen LogP contribution in [0.4, 0.5) is 0 Å². The van der Waals surface area contributed by atoms with E-state index in [9.17, 15) is 13.2 Å². The second-order valence-corrected chi connectivity index (χ2v) is 12.2. The number of sulfonamides is 1. The fourth-order valence-corrected chi connectivity index (χ4v) is 7.26. The predicted octanol–water partition coefficient (Wildman–Crippen LogP) is 5.65. The second kappa shape index (κ2) is 12.1. The SMILES string of the molecule is CCOCCCN(CC(=O)N1CCc2sccc2C1c1ccc(Cl)cc1Cl)S(=O)(=O)c1ccccc1. The molecule has 1 aliphatic rings. The van der Waals surface area contributed by atoms with Crippen molar-refractivity contribution in [3.63, 3.8) is 0 Å². The van der Waals surface area contributed by atoms with Gasteiger partial charge >= 0.3 is 0 Å². The molecule has 0 N–H and O–H groups in total. The lowest BCUT2D eigenvalue weighted by Crippen LogP contribution is -2.47. The molecule has 36 heavy (non-hydrogen) atoms. The van der Waals surface area contributed by atoms with Gasteiger partial charge in [0.05, 0.1) is 17.5 Å². The molecule has 0 fully saturated rings. The van der Waals surface area contributed by atoms with Crippen LogP contribution in [0.25, 0.3) is 0 Å². The Bertz CT molecular complexity index is 1300. The number of carbonyl (C=O) groups is 1. The van der Waals surface area contributed by atoms with Gasteiger partial charge in [-0.2, -0.15) is 4.31 Å². The summed E-state index contributed by atoms with van der Waals surface area (Å²) in [6.07, 6.45) is 1.19. The molecule has 2 aromatic carbocycles. The first-order chi connectivity index (χ1) is 17.3. The van der Waals surface area contributed by atoms with Crippen molar-refractivity contribution in [2.75, 3.05) is 32.8 Å². The van der Waals surface area contributed by atoms with Crippen LogP contribution >= 0.6 is 34.5 Å². The Kier molecular flexibility index (Phi) is 9.09. The molecule has 0 aliphatic carbocycles. The number of ether oxygens (including phenoxy) is 1. The standard InChI is InChI=1S/C26H28Cl2N2O4S2/c1-2-34-15-6-13-29(36(32,33)20-7-4-3-5-8-20)18-25(31)30-14-11-24-22(12-16-35-24)26(30)21-10-9-19(27)17-23(21)28/h3-5,7-10,12,16-17,26H,2,6,11,13-15,18H2,1H3. The van der Waals surface area contributed by atoms with Crippen LogP contribution in [-0.2, 0) is 26.0 Å². The fourth-order valence-electron chi connectivity index (χ4n) is 4.40. The Balaban J connectivity index is 1.65. The topological polar surface area (TPSA) is 66.9 Å². The molecule has 0 spiro atoms. The van der Waals surface area contributed by atoms with Crippen molar-refractivity contribution < 1.29 is 17.9 Å². The van der Waals surface area contributed by atoms with Crippen LogP contribution in [0, 0.1) is 0 Å². The molecule has 1 aromatic heterocycles. The predicted molar refractivity (Wildman–Crippen MR) is 144 cm³/mol. The van der Waals surface area contributed by atoms with Gasteiger partial charge < -0.3 is 9.64 Å². The summed E-state index contributed by atoms with van der Waals surface area (Å²) in [6.45, 7) is 3.21. The van der Waals surface area contributed by atoms with Gasteiger partial charge in [-0.15, -0.1) is 11.3 Å². The zero-order valence-electron chi connectivity index (χ0n) is 19.9. The Morgan fingerprint density at radius 3 is 2.64 bits per heavy atom. The molecule has 10 heteroatoms. The van der Waals surface area contributed by atoms with Crippen molar-refractivity contribution in [2.45, 2.75) is 30.7 Å². The van der Waals surface area contributed by atoms with E-state index in [1.807, 2.05) is 24.4 Å². The van der Waals surface area contributed by atoms with E-state index in [0.717, 1.165) is 11.1 Å². The molecular formula is C26H28Cl2N2O4S2. The maximum atomic E-state index is 13.8. The van der Waals surface area contributed by atoms with E-state index in [0.29, 0.717) is 42.6 Å². The summed E-state index contributed by atoms with van der Waals surface area (Å²) in [5, 5.41) is 2.99. The number of benzene rings is 2. The van der Waals surface area contributed by atoms with Gasteiger partial charge in [0.1, 0.15) is 0 Å². The van der Waals surface area contributed by atoms with Crippen LogP contribution in [0.1, 0.15) is 35.4 Å². The largest absolute Gasteiger partial charge is 0.382 e. The van der Waals surface area contributed by atoms with Gasteiger partial charge in [-0.1, -0.05) is 47.5 Å². The number of thiophene rings is 1. The Labute approximate surface area is 226 Å². The van der Waals surface area contributed by atoms with Crippen LogP contribution in [-0.4, -0.2) is 56.4 Å². The first-order valence-corrected chi connectivity index (χ1v) is 14.8. The van der Waals surface area contributed by atoms with E-state index in [4.69, 9.17) is 27.9 Å². The summed E-state index contributed by atoms with van der Waals surface area (Å²) >= 11 is 14.4. The number of halogens is 2. The zero-order chi connectivity index (χ0) is 25.7. The lowest BCUT2D eigenvalue weighted by Gasteiger charge is -2.37. The minimum atomic E-state index is -3.88. The summed E-state index contributed by atoms with van der Waals surface area (Å²) in [5.74, 6) is -0.279. The molecule has 1 atom stereocenters. The quantitative estimate of drug-likeness (QED) is 0.297. The summed E-state index contributed by atoms with van der Waals surface area (Å²) in [6, 6.07) is 15.1. The molecule has 1 aliphatic heterocycles. The van der Waals surface area contributed by atoms with Crippen molar-refractivity contribution in [3.05, 3.63) is 86.0 Å². The Hall–Kier alpha value is -1.94. The van der Waals surface area contributed by atoms with Gasteiger partial charge in [0.2, 0.25) is 15.9 Å². The summed E-state index contributed by atoms with van der Waals surface area (Å²) in [5.41, 5.74) is 1.78. The summed E-state index contributed by atoms with van der Waals surface area (Å²) in [4.78, 5) is 16.9. The molecule has 0 radical (unpaired) electrons.